The second-order valence-corrected chi connectivity index (χ2v) is 4.48. The maximum absolute atomic E-state index is 12.5. The van der Waals surface area contributed by atoms with E-state index in [9.17, 15) is 31.1 Å². The number of hydrogen-bond donors (Lipinski definition) is 0. The topological polar surface area (TPSA) is 30.2 Å². The summed E-state index contributed by atoms with van der Waals surface area (Å²) in [6.45, 7) is 1.56. The first-order chi connectivity index (χ1) is 9.51. The fraction of sp³-hybridized carbons (Fsp3) is 0.308. The molecule has 21 heavy (non-hydrogen) atoms. The monoisotopic (exact) mass is 310 g/mol. The number of carbonyl (C=O) groups is 1. The minimum absolute atomic E-state index is 0.0870. The Morgan fingerprint density at radius 1 is 1.10 bits per heavy atom. The zero-order valence-corrected chi connectivity index (χ0v) is 10.5. The van der Waals surface area contributed by atoms with E-state index in [1.54, 1.807) is 19.1 Å². The Bertz CT molecular complexity index is 666. The molecule has 0 spiro atoms. The third-order valence-corrected chi connectivity index (χ3v) is 2.90. The summed E-state index contributed by atoms with van der Waals surface area (Å²) in [6.07, 6.45) is -11.5. The van der Waals surface area contributed by atoms with Gasteiger partial charge in [-0.1, -0.05) is 18.2 Å². The molecule has 0 atom stereocenters. The van der Waals surface area contributed by atoms with E-state index in [-0.39, 0.29) is 11.0 Å². The van der Waals surface area contributed by atoms with Crippen molar-refractivity contribution in [1.29, 1.82) is 0 Å². The number of ketones is 1. The van der Waals surface area contributed by atoms with Gasteiger partial charge in [-0.05, 0) is 18.6 Å². The van der Waals surface area contributed by atoms with Crippen molar-refractivity contribution < 1.29 is 35.6 Å². The molecule has 0 radical (unpaired) electrons. The van der Waals surface area contributed by atoms with Gasteiger partial charge in [0.25, 0.3) is 0 Å². The number of fused-ring (bicyclic) bond motifs is 1. The second kappa shape index (κ2) is 4.78. The Morgan fingerprint density at radius 2 is 1.67 bits per heavy atom. The summed E-state index contributed by atoms with van der Waals surface area (Å²) in [5, 5.41) is 0.265. The Labute approximate surface area is 114 Å². The summed E-state index contributed by atoms with van der Waals surface area (Å²) in [7, 11) is 0. The fourth-order valence-electron chi connectivity index (χ4n) is 1.96. The van der Waals surface area contributed by atoms with Crippen LogP contribution in [0.3, 0.4) is 0 Å². The second-order valence-electron chi connectivity index (χ2n) is 4.48. The molecule has 114 valence electrons. The Balaban J connectivity index is 2.52. The van der Waals surface area contributed by atoms with E-state index in [1.165, 1.54) is 6.07 Å². The van der Waals surface area contributed by atoms with Gasteiger partial charge in [0, 0.05) is 5.39 Å². The molecule has 0 aliphatic rings. The van der Waals surface area contributed by atoms with Gasteiger partial charge in [-0.3, -0.25) is 4.79 Å². The molecule has 0 fully saturated rings. The number of carbonyl (C=O) groups excluding carboxylic acids is 1. The molecular weight excluding hydrogens is 302 g/mol. The van der Waals surface area contributed by atoms with Crippen LogP contribution in [0.2, 0.25) is 0 Å². The summed E-state index contributed by atoms with van der Waals surface area (Å²) >= 11 is 0. The van der Waals surface area contributed by atoms with Crippen LogP contribution in [0, 0.1) is 12.8 Å². The molecule has 0 aliphatic heterocycles. The number of furan rings is 1. The van der Waals surface area contributed by atoms with Gasteiger partial charge in [0.2, 0.25) is 11.7 Å². The third kappa shape index (κ3) is 2.88. The summed E-state index contributed by atoms with van der Waals surface area (Å²) in [6, 6.07) is 5.42. The maximum Gasteiger partial charge on any atom is 0.407 e. The number of alkyl halides is 6. The minimum atomic E-state index is -5.73. The molecular formula is C13H8F6O2. The van der Waals surface area contributed by atoms with Crippen molar-refractivity contribution in [1.82, 2.24) is 0 Å². The molecule has 2 aromatic rings. The highest BCUT2D eigenvalue weighted by atomic mass is 19.4. The van der Waals surface area contributed by atoms with Crippen LogP contribution < -0.4 is 0 Å². The van der Waals surface area contributed by atoms with E-state index in [0.29, 0.717) is 5.56 Å². The number of Topliss-reactive ketones (excluding diaryl/α,β-unsaturated/α-hetero) is 1. The minimum Gasteiger partial charge on any atom is -0.453 e. The zero-order chi connectivity index (χ0) is 16.0. The number of hydrogen-bond acceptors (Lipinski definition) is 2. The molecule has 0 N–H and O–H groups in total. The van der Waals surface area contributed by atoms with Crippen molar-refractivity contribution in [2.45, 2.75) is 19.3 Å². The van der Waals surface area contributed by atoms with Crippen LogP contribution >= 0.6 is 0 Å². The molecule has 0 saturated carbocycles. The van der Waals surface area contributed by atoms with E-state index < -0.39 is 29.8 Å². The van der Waals surface area contributed by atoms with Gasteiger partial charge < -0.3 is 4.42 Å². The largest absolute Gasteiger partial charge is 0.453 e. The Kier molecular flexibility index (Phi) is 3.51. The van der Waals surface area contributed by atoms with Gasteiger partial charge in [0.05, 0.1) is 0 Å². The van der Waals surface area contributed by atoms with Crippen LogP contribution in [0.1, 0.15) is 16.1 Å². The lowest BCUT2D eigenvalue weighted by Crippen LogP contribution is -2.42. The van der Waals surface area contributed by atoms with Crippen molar-refractivity contribution >= 4 is 16.8 Å². The molecule has 0 unspecified atom stereocenters. The summed E-state index contributed by atoms with van der Waals surface area (Å²) in [5.74, 6) is -7.20. The molecule has 8 heteroatoms. The SMILES string of the molecule is Cc1cccc2cc(C(=O)C(C(F)(F)F)C(F)(F)F)oc12. The first kappa shape index (κ1) is 15.4. The molecule has 0 saturated heterocycles. The van der Waals surface area contributed by atoms with E-state index in [4.69, 9.17) is 4.42 Å². The quantitative estimate of drug-likeness (QED) is 0.596. The van der Waals surface area contributed by atoms with Gasteiger partial charge in [-0.25, -0.2) is 0 Å². The van der Waals surface area contributed by atoms with E-state index in [1.807, 2.05) is 0 Å². The number of para-hydroxylation sites is 1. The van der Waals surface area contributed by atoms with Crippen molar-refractivity contribution in [2.24, 2.45) is 5.92 Å². The average Bonchev–Trinajstić information content (AvgIpc) is 2.70. The van der Waals surface area contributed by atoms with Gasteiger partial charge in [0.15, 0.2) is 5.76 Å². The molecule has 0 bridgehead atoms. The lowest BCUT2D eigenvalue weighted by Gasteiger charge is -2.20. The van der Waals surface area contributed by atoms with E-state index in [2.05, 4.69) is 0 Å². The zero-order valence-electron chi connectivity index (χ0n) is 10.5. The van der Waals surface area contributed by atoms with Crippen LogP contribution in [0.25, 0.3) is 11.0 Å². The summed E-state index contributed by atoms with van der Waals surface area (Å²) in [4.78, 5) is 11.6. The Morgan fingerprint density at radius 3 is 2.14 bits per heavy atom. The molecule has 0 amide bonds. The lowest BCUT2D eigenvalue weighted by atomic mass is 10.0. The highest BCUT2D eigenvalue weighted by Crippen LogP contribution is 2.41. The normalized spacial score (nSPS) is 13.1. The van der Waals surface area contributed by atoms with E-state index in [0.717, 1.165) is 6.07 Å². The predicted molar refractivity (Wildman–Crippen MR) is 60.9 cm³/mol. The summed E-state index contributed by atoms with van der Waals surface area (Å²) < 4.78 is 79.9. The summed E-state index contributed by atoms with van der Waals surface area (Å²) in [5.41, 5.74) is 0.589. The molecule has 0 aliphatic carbocycles. The average molecular weight is 310 g/mol. The highest BCUT2D eigenvalue weighted by Gasteiger charge is 2.61. The maximum atomic E-state index is 12.5. The van der Waals surface area contributed by atoms with Gasteiger partial charge in [-0.15, -0.1) is 0 Å². The van der Waals surface area contributed by atoms with Crippen LogP contribution in [0.15, 0.2) is 28.7 Å². The first-order valence-electron chi connectivity index (χ1n) is 5.68. The van der Waals surface area contributed by atoms with Crippen molar-refractivity contribution in [3.63, 3.8) is 0 Å². The van der Waals surface area contributed by atoms with Crippen molar-refractivity contribution in [2.75, 3.05) is 0 Å². The molecule has 2 rings (SSSR count). The van der Waals surface area contributed by atoms with Crippen LogP contribution in [0.5, 0.6) is 0 Å². The fourth-order valence-corrected chi connectivity index (χ4v) is 1.96. The standard InChI is InChI=1S/C13H8F6O2/c1-6-3-2-4-7-5-8(21-10(6)7)9(20)11(12(14,15)16)13(17,18)19/h2-5,11H,1H3. The smallest absolute Gasteiger partial charge is 0.407 e. The molecule has 1 aromatic carbocycles. The number of benzene rings is 1. The molecule has 1 heterocycles. The van der Waals surface area contributed by atoms with Crippen molar-refractivity contribution in [3.05, 3.63) is 35.6 Å². The van der Waals surface area contributed by atoms with Crippen molar-refractivity contribution in [3.8, 4) is 0 Å². The Hall–Kier alpha value is -1.99. The highest BCUT2D eigenvalue weighted by molar-refractivity contribution is 6.00. The number of rotatable bonds is 2. The van der Waals surface area contributed by atoms with Gasteiger partial charge in [-0.2, -0.15) is 26.3 Å². The van der Waals surface area contributed by atoms with Crippen LogP contribution in [0.4, 0.5) is 26.3 Å². The lowest BCUT2D eigenvalue weighted by molar-refractivity contribution is -0.265. The van der Waals surface area contributed by atoms with E-state index >= 15 is 0 Å². The van der Waals surface area contributed by atoms with Crippen LogP contribution in [-0.2, 0) is 0 Å². The first-order valence-corrected chi connectivity index (χ1v) is 5.68. The van der Waals surface area contributed by atoms with Crippen LogP contribution in [-0.4, -0.2) is 18.1 Å². The third-order valence-electron chi connectivity index (χ3n) is 2.90. The molecule has 2 nitrogen and oxygen atoms in total. The van der Waals surface area contributed by atoms with Gasteiger partial charge in [0.1, 0.15) is 5.58 Å². The number of halogens is 6. The number of aryl methyl sites for hydroxylation is 1. The predicted octanol–water partition coefficient (Wildman–Crippen LogP) is 4.66. The molecule has 1 aromatic heterocycles. The van der Waals surface area contributed by atoms with Gasteiger partial charge >= 0.3 is 12.4 Å².